The molecule has 0 fully saturated rings. The van der Waals surface area contributed by atoms with Crippen LogP contribution in [0, 0.1) is 6.92 Å². The number of benzene rings is 2. The molecular formula is C23H26N2O5. The summed E-state index contributed by atoms with van der Waals surface area (Å²) in [5, 5.41) is 3.52. The molecular weight excluding hydrogens is 384 g/mol. The highest BCUT2D eigenvalue weighted by atomic mass is 16.5. The molecule has 0 aliphatic carbocycles. The predicted molar refractivity (Wildman–Crippen MR) is 115 cm³/mol. The number of carbonyl (C=O) groups excluding carboxylic acids is 2. The summed E-state index contributed by atoms with van der Waals surface area (Å²) < 4.78 is 16.2. The van der Waals surface area contributed by atoms with Crippen LogP contribution in [0.25, 0.3) is 11.0 Å². The molecule has 2 aromatic carbocycles. The van der Waals surface area contributed by atoms with Gasteiger partial charge in [-0.15, -0.1) is 0 Å². The molecule has 0 radical (unpaired) electrons. The van der Waals surface area contributed by atoms with E-state index >= 15 is 0 Å². The zero-order valence-electron chi connectivity index (χ0n) is 17.7. The maximum absolute atomic E-state index is 12.4. The molecule has 158 valence electrons. The van der Waals surface area contributed by atoms with Gasteiger partial charge in [0.2, 0.25) is 5.76 Å². The summed E-state index contributed by atoms with van der Waals surface area (Å²) in [7, 11) is 3.93. The summed E-state index contributed by atoms with van der Waals surface area (Å²) in [6.07, 6.45) is 0. The predicted octanol–water partition coefficient (Wildman–Crippen LogP) is 3.68. The van der Waals surface area contributed by atoms with Crippen LogP contribution in [-0.2, 0) is 16.1 Å². The van der Waals surface area contributed by atoms with E-state index in [1.807, 2.05) is 56.3 Å². The number of ether oxygens (including phenoxy) is 2. The third kappa shape index (κ3) is 4.92. The first-order valence-corrected chi connectivity index (χ1v) is 9.75. The number of furan rings is 1. The maximum Gasteiger partial charge on any atom is 0.375 e. The highest BCUT2D eigenvalue weighted by molar-refractivity contribution is 5.97. The third-order valence-corrected chi connectivity index (χ3v) is 4.68. The van der Waals surface area contributed by atoms with Crippen molar-refractivity contribution in [2.45, 2.75) is 20.4 Å². The summed E-state index contributed by atoms with van der Waals surface area (Å²) in [5.41, 5.74) is 3.25. The van der Waals surface area contributed by atoms with Crippen molar-refractivity contribution in [3.8, 4) is 5.75 Å². The van der Waals surface area contributed by atoms with Crippen LogP contribution in [0.4, 0.5) is 5.69 Å². The average molecular weight is 410 g/mol. The molecule has 7 nitrogen and oxygen atoms in total. The van der Waals surface area contributed by atoms with E-state index in [0.29, 0.717) is 30.0 Å². The Hall–Kier alpha value is -3.48. The Labute approximate surface area is 175 Å². The fraction of sp³-hybridized carbons (Fsp3) is 0.304. The first kappa shape index (κ1) is 21.2. The maximum atomic E-state index is 12.4. The van der Waals surface area contributed by atoms with Gasteiger partial charge in [-0.05, 0) is 49.7 Å². The Morgan fingerprint density at radius 2 is 1.83 bits per heavy atom. The van der Waals surface area contributed by atoms with Gasteiger partial charge in [-0.1, -0.05) is 12.1 Å². The van der Waals surface area contributed by atoms with Gasteiger partial charge in [-0.3, -0.25) is 4.79 Å². The van der Waals surface area contributed by atoms with E-state index in [2.05, 4.69) is 5.32 Å². The molecule has 7 heteroatoms. The lowest BCUT2D eigenvalue weighted by atomic mass is 10.1. The topological polar surface area (TPSA) is 81.0 Å². The number of rotatable bonds is 8. The first-order valence-electron chi connectivity index (χ1n) is 9.75. The normalized spacial score (nSPS) is 10.7. The number of nitrogens with zero attached hydrogens (tertiary/aromatic N) is 1. The summed E-state index contributed by atoms with van der Waals surface area (Å²) in [6, 6.07) is 13.2. The van der Waals surface area contributed by atoms with Crippen molar-refractivity contribution in [3.05, 3.63) is 59.4 Å². The van der Waals surface area contributed by atoms with Crippen molar-refractivity contribution >= 4 is 28.5 Å². The average Bonchev–Trinajstić information content (AvgIpc) is 3.07. The van der Waals surface area contributed by atoms with Gasteiger partial charge in [0.15, 0.2) is 6.61 Å². The van der Waals surface area contributed by atoms with Gasteiger partial charge >= 0.3 is 5.97 Å². The van der Waals surface area contributed by atoms with Gasteiger partial charge in [-0.2, -0.15) is 0 Å². The number of amides is 1. The minimum Gasteiger partial charge on any atom is -0.494 e. The monoisotopic (exact) mass is 410 g/mol. The molecule has 0 aliphatic heterocycles. The van der Waals surface area contributed by atoms with Crippen LogP contribution in [0.1, 0.15) is 28.6 Å². The van der Waals surface area contributed by atoms with E-state index in [1.54, 1.807) is 19.1 Å². The molecule has 0 saturated heterocycles. The number of anilines is 1. The van der Waals surface area contributed by atoms with Gasteiger partial charge in [0.1, 0.15) is 11.3 Å². The van der Waals surface area contributed by atoms with Gasteiger partial charge in [-0.25, -0.2) is 4.79 Å². The molecule has 0 saturated carbocycles. The van der Waals surface area contributed by atoms with Gasteiger partial charge in [0, 0.05) is 37.3 Å². The van der Waals surface area contributed by atoms with Crippen molar-refractivity contribution in [1.82, 2.24) is 5.32 Å². The number of nitrogens with one attached hydrogen (secondary N) is 1. The number of esters is 1. The van der Waals surface area contributed by atoms with Crippen LogP contribution in [0.5, 0.6) is 5.75 Å². The summed E-state index contributed by atoms with van der Waals surface area (Å²) in [5.74, 6) is -0.267. The third-order valence-electron chi connectivity index (χ3n) is 4.68. The van der Waals surface area contributed by atoms with E-state index in [1.165, 1.54) is 0 Å². The molecule has 0 unspecified atom stereocenters. The lowest BCUT2D eigenvalue weighted by Gasteiger charge is -2.13. The molecule has 3 aromatic rings. The highest BCUT2D eigenvalue weighted by Crippen LogP contribution is 2.29. The van der Waals surface area contributed by atoms with E-state index in [-0.39, 0.29) is 18.3 Å². The Balaban J connectivity index is 1.55. The molecule has 1 aromatic heterocycles. The van der Waals surface area contributed by atoms with Crippen LogP contribution in [0.15, 0.2) is 46.9 Å². The number of hydrogen-bond acceptors (Lipinski definition) is 6. The molecule has 30 heavy (non-hydrogen) atoms. The minimum atomic E-state index is -0.674. The summed E-state index contributed by atoms with van der Waals surface area (Å²) >= 11 is 0. The summed E-state index contributed by atoms with van der Waals surface area (Å²) in [4.78, 5) is 26.5. The quantitative estimate of drug-likeness (QED) is 0.571. The minimum absolute atomic E-state index is 0.0886. The molecule has 1 heterocycles. The number of aryl methyl sites for hydroxylation is 1. The van der Waals surface area contributed by atoms with Crippen LogP contribution < -0.4 is 15.0 Å². The lowest BCUT2D eigenvalue weighted by Crippen LogP contribution is -2.28. The van der Waals surface area contributed by atoms with Crippen molar-refractivity contribution in [3.63, 3.8) is 0 Å². The Morgan fingerprint density at radius 3 is 2.50 bits per heavy atom. The fourth-order valence-corrected chi connectivity index (χ4v) is 3.01. The second-order valence-electron chi connectivity index (χ2n) is 7.06. The van der Waals surface area contributed by atoms with Crippen LogP contribution in [0.2, 0.25) is 0 Å². The molecule has 1 N–H and O–H groups in total. The smallest absolute Gasteiger partial charge is 0.375 e. The van der Waals surface area contributed by atoms with E-state index in [0.717, 1.165) is 16.6 Å². The number of fused-ring (bicyclic) bond motifs is 1. The Bertz CT molecular complexity index is 1040. The van der Waals surface area contributed by atoms with Crippen molar-refractivity contribution in [2.24, 2.45) is 0 Å². The molecule has 0 spiro atoms. The molecule has 0 atom stereocenters. The van der Waals surface area contributed by atoms with Gasteiger partial charge < -0.3 is 24.1 Å². The number of hydrogen-bond donors (Lipinski definition) is 1. The molecule has 1 amide bonds. The molecule has 0 bridgehead atoms. The lowest BCUT2D eigenvalue weighted by molar-refractivity contribution is -0.124. The SMILES string of the molecule is CCOc1ccc2oc(C(=O)OCC(=O)NCc3ccc(N(C)C)cc3)c(C)c2c1. The second-order valence-corrected chi connectivity index (χ2v) is 7.06. The molecule has 3 rings (SSSR count). The number of carbonyl (C=O) groups is 2. The van der Waals surface area contributed by atoms with E-state index in [9.17, 15) is 9.59 Å². The van der Waals surface area contributed by atoms with E-state index < -0.39 is 5.97 Å². The van der Waals surface area contributed by atoms with Crippen LogP contribution in [-0.4, -0.2) is 39.2 Å². The standard InChI is InChI=1S/C23H26N2O5/c1-5-28-18-10-11-20-19(12-18)15(2)22(30-20)23(27)29-14-21(26)24-13-16-6-8-17(9-7-16)25(3)4/h6-12H,5,13-14H2,1-4H3,(H,24,26). The second kappa shape index (κ2) is 9.35. The van der Waals surface area contributed by atoms with Crippen molar-refractivity contribution < 1.29 is 23.5 Å². The zero-order valence-corrected chi connectivity index (χ0v) is 17.7. The molecule has 0 aliphatic rings. The van der Waals surface area contributed by atoms with Crippen molar-refractivity contribution in [1.29, 1.82) is 0 Å². The first-order chi connectivity index (χ1) is 14.4. The Morgan fingerprint density at radius 1 is 1.10 bits per heavy atom. The van der Waals surface area contributed by atoms with Crippen molar-refractivity contribution in [2.75, 3.05) is 32.2 Å². The fourth-order valence-electron chi connectivity index (χ4n) is 3.01. The highest BCUT2D eigenvalue weighted by Gasteiger charge is 2.20. The largest absolute Gasteiger partial charge is 0.494 e. The van der Waals surface area contributed by atoms with Gasteiger partial charge in [0.05, 0.1) is 6.61 Å². The summed E-state index contributed by atoms with van der Waals surface area (Å²) in [6.45, 7) is 4.20. The Kier molecular flexibility index (Phi) is 6.61. The van der Waals surface area contributed by atoms with Crippen LogP contribution in [0.3, 0.4) is 0 Å². The zero-order chi connectivity index (χ0) is 21.7. The van der Waals surface area contributed by atoms with Crippen LogP contribution >= 0.6 is 0 Å². The van der Waals surface area contributed by atoms with Gasteiger partial charge in [0.25, 0.3) is 5.91 Å². The van der Waals surface area contributed by atoms with E-state index in [4.69, 9.17) is 13.9 Å².